The van der Waals surface area contributed by atoms with E-state index < -0.39 is 24.3 Å². The Hall–Kier alpha value is -0.845. The van der Waals surface area contributed by atoms with Crippen molar-refractivity contribution in [1.82, 2.24) is 0 Å². The van der Waals surface area contributed by atoms with Gasteiger partial charge in [-0.1, -0.05) is 6.08 Å². The summed E-state index contributed by atoms with van der Waals surface area (Å²) in [4.78, 5) is 11.0. The Morgan fingerprint density at radius 3 is 2.27 bits per heavy atom. The summed E-state index contributed by atoms with van der Waals surface area (Å²) in [6.45, 7) is 7.21. The molecule has 0 aromatic carbocycles. The van der Waals surface area contributed by atoms with Gasteiger partial charge in [0.05, 0.1) is 5.60 Å². The van der Waals surface area contributed by atoms with Gasteiger partial charge < -0.3 is 19.9 Å². The van der Waals surface area contributed by atoms with Gasteiger partial charge in [-0.2, -0.15) is 0 Å². The minimum absolute atomic E-state index is 0.0962. The van der Waals surface area contributed by atoms with Crippen molar-refractivity contribution in [3.8, 4) is 0 Å². The Morgan fingerprint density at radius 1 is 1.53 bits per heavy atom. The molecule has 0 aromatic rings. The third-order valence-electron chi connectivity index (χ3n) is 2.32. The molecular weight excluding hydrogens is 199 g/mol. The van der Waals surface area contributed by atoms with Crippen LogP contribution in [0, 0.1) is 0 Å². The van der Waals surface area contributed by atoms with E-state index in [0.717, 1.165) is 0 Å². The molecule has 0 spiro atoms. The van der Waals surface area contributed by atoms with Crippen LogP contribution >= 0.6 is 0 Å². The molecule has 86 valence electrons. The van der Waals surface area contributed by atoms with E-state index in [1.165, 1.54) is 26.8 Å². The van der Waals surface area contributed by atoms with E-state index in [2.05, 4.69) is 6.58 Å². The lowest BCUT2D eigenvalue weighted by molar-refractivity contribution is -0.178. The molecular formula is C9H17BO5. The molecule has 0 aliphatic carbocycles. The largest absolute Gasteiger partial charge is 0.479 e. The van der Waals surface area contributed by atoms with Crippen LogP contribution in [0.2, 0.25) is 6.32 Å². The predicted octanol–water partition coefficient (Wildman–Crippen LogP) is 0.284. The summed E-state index contributed by atoms with van der Waals surface area (Å²) in [6.07, 6.45) is 1.50. The van der Waals surface area contributed by atoms with Crippen molar-refractivity contribution in [1.29, 1.82) is 0 Å². The van der Waals surface area contributed by atoms with Crippen LogP contribution in [-0.2, 0) is 9.45 Å². The van der Waals surface area contributed by atoms with Gasteiger partial charge in [0.1, 0.15) is 0 Å². The van der Waals surface area contributed by atoms with Crippen LogP contribution < -0.4 is 0 Å². The standard InChI is InChI=1S/C9H17BO5/c1-5-6-10(14)15-9(4,7(11)12)8(2,3)13/h5,13-14H,1,6H2,2-4H3,(H,11,12). The van der Waals surface area contributed by atoms with Gasteiger partial charge >= 0.3 is 13.1 Å². The Bertz CT molecular complexity index is 247. The molecule has 1 unspecified atom stereocenters. The van der Waals surface area contributed by atoms with E-state index in [-0.39, 0.29) is 6.32 Å². The number of hydrogen-bond donors (Lipinski definition) is 3. The predicted molar refractivity (Wildman–Crippen MR) is 56.4 cm³/mol. The number of carboxylic acid groups (broad SMARTS) is 1. The van der Waals surface area contributed by atoms with Gasteiger partial charge in [0.15, 0.2) is 5.60 Å². The lowest BCUT2D eigenvalue weighted by Crippen LogP contribution is -2.58. The van der Waals surface area contributed by atoms with Gasteiger partial charge in [-0.05, 0) is 27.1 Å². The number of hydrogen-bond acceptors (Lipinski definition) is 4. The zero-order valence-electron chi connectivity index (χ0n) is 9.23. The zero-order valence-corrected chi connectivity index (χ0v) is 9.23. The lowest BCUT2D eigenvalue weighted by Gasteiger charge is -2.37. The highest BCUT2D eigenvalue weighted by Gasteiger charge is 2.49. The second-order valence-electron chi connectivity index (χ2n) is 3.99. The van der Waals surface area contributed by atoms with E-state index in [1.54, 1.807) is 0 Å². The van der Waals surface area contributed by atoms with Gasteiger partial charge in [-0.15, -0.1) is 6.58 Å². The van der Waals surface area contributed by atoms with E-state index in [4.69, 9.17) is 9.76 Å². The molecule has 3 N–H and O–H groups in total. The van der Waals surface area contributed by atoms with Crippen LogP contribution in [0.25, 0.3) is 0 Å². The first-order chi connectivity index (χ1) is 6.65. The summed E-state index contributed by atoms with van der Waals surface area (Å²) in [5.74, 6) is -1.34. The average Bonchev–Trinajstić information content (AvgIpc) is 2.01. The summed E-state index contributed by atoms with van der Waals surface area (Å²) >= 11 is 0. The van der Waals surface area contributed by atoms with Crippen molar-refractivity contribution in [3.63, 3.8) is 0 Å². The van der Waals surface area contributed by atoms with Crippen LogP contribution in [-0.4, -0.2) is 39.5 Å². The molecule has 0 heterocycles. The highest BCUT2D eigenvalue weighted by Crippen LogP contribution is 2.27. The molecule has 1 atom stereocenters. The van der Waals surface area contributed by atoms with Crippen molar-refractivity contribution in [3.05, 3.63) is 12.7 Å². The van der Waals surface area contributed by atoms with Crippen molar-refractivity contribution < 1.29 is 24.7 Å². The van der Waals surface area contributed by atoms with E-state index in [0.29, 0.717) is 0 Å². The minimum atomic E-state index is -1.87. The monoisotopic (exact) mass is 216 g/mol. The van der Waals surface area contributed by atoms with Gasteiger partial charge in [0.25, 0.3) is 0 Å². The molecule has 0 aromatic heterocycles. The molecule has 0 aliphatic rings. The maximum atomic E-state index is 11.0. The van der Waals surface area contributed by atoms with E-state index in [9.17, 15) is 14.9 Å². The Kier molecular flexibility index (Phi) is 4.51. The molecule has 0 amide bonds. The normalized spacial score (nSPS) is 15.5. The van der Waals surface area contributed by atoms with Gasteiger partial charge in [0.2, 0.25) is 0 Å². The average molecular weight is 216 g/mol. The second-order valence-corrected chi connectivity index (χ2v) is 3.99. The summed E-state index contributed by atoms with van der Waals surface area (Å²) in [5, 5.41) is 28.0. The molecule has 6 heteroatoms. The second kappa shape index (κ2) is 4.78. The quantitative estimate of drug-likeness (QED) is 0.438. The highest BCUT2D eigenvalue weighted by atomic mass is 16.6. The summed E-state index contributed by atoms with van der Waals surface area (Å²) in [5.41, 5.74) is -3.48. The first kappa shape index (κ1) is 14.2. The van der Waals surface area contributed by atoms with E-state index >= 15 is 0 Å². The zero-order chi connectivity index (χ0) is 12.3. The van der Waals surface area contributed by atoms with Gasteiger partial charge in [0, 0.05) is 0 Å². The smallest absolute Gasteiger partial charge is 0.459 e. The first-order valence-electron chi connectivity index (χ1n) is 4.57. The highest BCUT2D eigenvalue weighted by molar-refractivity contribution is 6.43. The molecule has 0 saturated heterocycles. The molecule has 15 heavy (non-hydrogen) atoms. The SMILES string of the molecule is C=CCB(O)OC(C)(C(=O)O)C(C)(C)O. The first-order valence-corrected chi connectivity index (χ1v) is 4.57. The van der Waals surface area contributed by atoms with E-state index in [1.807, 2.05) is 0 Å². The third kappa shape index (κ3) is 3.33. The van der Waals surface area contributed by atoms with Crippen LogP contribution in [0.1, 0.15) is 20.8 Å². The fourth-order valence-corrected chi connectivity index (χ4v) is 0.919. The number of aliphatic carboxylic acids is 1. The minimum Gasteiger partial charge on any atom is -0.479 e. The molecule has 0 fully saturated rings. The Morgan fingerprint density at radius 2 is 2.00 bits per heavy atom. The maximum absolute atomic E-state index is 11.0. The summed E-state index contributed by atoms with van der Waals surface area (Å²) < 4.78 is 4.94. The van der Waals surface area contributed by atoms with Crippen molar-refractivity contribution in [2.24, 2.45) is 0 Å². The number of carboxylic acids is 1. The Balaban J connectivity index is 4.83. The fraction of sp³-hybridized carbons (Fsp3) is 0.667. The Labute approximate surface area is 89.5 Å². The summed E-state index contributed by atoms with van der Waals surface area (Å²) in [7, 11) is -1.30. The van der Waals surface area contributed by atoms with Crippen LogP contribution in [0.5, 0.6) is 0 Å². The maximum Gasteiger partial charge on any atom is 0.459 e. The molecule has 5 nitrogen and oxygen atoms in total. The molecule has 0 bridgehead atoms. The van der Waals surface area contributed by atoms with Crippen LogP contribution in [0.3, 0.4) is 0 Å². The molecule has 0 aliphatic heterocycles. The van der Waals surface area contributed by atoms with Crippen molar-refractivity contribution >= 4 is 13.1 Å². The topological polar surface area (TPSA) is 87.0 Å². The number of aliphatic hydroxyl groups is 1. The molecule has 0 saturated carbocycles. The fourth-order valence-electron chi connectivity index (χ4n) is 0.919. The van der Waals surface area contributed by atoms with Gasteiger partial charge in [-0.3, -0.25) is 0 Å². The van der Waals surface area contributed by atoms with Crippen molar-refractivity contribution in [2.45, 2.75) is 38.3 Å². The van der Waals surface area contributed by atoms with Crippen LogP contribution in [0.4, 0.5) is 0 Å². The molecule has 0 radical (unpaired) electrons. The third-order valence-corrected chi connectivity index (χ3v) is 2.32. The van der Waals surface area contributed by atoms with Crippen molar-refractivity contribution in [2.75, 3.05) is 0 Å². The summed E-state index contributed by atoms with van der Waals surface area (Å²) in [6, 6.07) is 0. The number of allylic oxidation sites excluding steroid dienone is 1. The molecule has 0 rings (SSSR count). The number of carbonyl (C=O) groups is 1. The van der Waals surface area contributed by atoms with Crippen LogP contribution in [0.15, 0.2) is 12.7 Å². The number of rotatable bonds is 6. The van der Waals surface area contributed by atoms with Gasteiger partial charge in [-0.25, -0.2) is 4.79 Å². The lowest BCUT2D eigenvalue weighted by atomic mass is 9.80.